The van der Waals surface area contributed by atoms with Crippen LogP contribution in [0, 0.1) is 20.8 Å². The van der Waals surface area contributed by atoms with E-state index in [0.717, 1.165) is 44.7 Å². The smallest absolute Gasteiger partial charge is 0.170 e. The van der Waals surface area contributed by atoms with E-state index in [9.17, 15) is 0 Å². The summed E-state index contributed by atoms with van der Waals surface area (Å²) in [5.41, 5.74) is 10.9. The maximum atomic E-state index is 6.12. The summed E-state index contributed by atoms with van der Waals surface area (Å²) in [6, 6.07) is 13.8. The van der Waals surface area contributed by atoms with E-state index in [1.165, 1.54) is 11.3 Å². The molecular weight excluding hydrogens is 398 g/mol. The van der Waals surface area contributed by atoms with Crippen molar-refractivity contribution in [2.45, 2.75) is 33.9 Å². The molecule has 2 N–H and O–H groups in total. The van der Waals surface area contributed by atoms with Gasteiger partial charge in [-0.05, 0) is 50.6 Å². The van der Waals surface area contributed by atoms with Crippen molar-refractivity contribution in [1.82, 2.24) is 14.8 Å². The minimum Gasteiger partial charge on any atom is -0.459 e. The van der Waals surface area contributed by atoms with Crippen LogP contribution in [0.15, 0.2) is 57.4 Å². The number of oxime groups is 1. The van der Waals surface area contributed by atoms with Crippen LogP contribution in [0.4, 0.5) is 0 Å². The van der Waals surface area contributed by atoms with Crippen molar-refractivity contribution in [3.8, 4) is 10.8 Å². The molecule has 0 amide bonds. The van der Waals surface area contributed by atoms with Gasteiger partial charge in [-0.15, -0.1) is 11.3 Å². The van der Waals surface area contributed by atoms with E-state index in [1.54, 1.807) is 0 Å². The highest BCUT2D eigenvalue weighted by Gasteiger charge is 2.09. The molecule has 0 radical (unpaired) electrons. The van der Waals surface area contributed by atoms with Crippen LogP contribution in [-0.2, 0) is 18.0 Å². The highest BCUT2D eigenvalue weighted by atomic mass is 32.1. The largest absolute Gasteiger partial charge is 0.459 e. The number of hydrogen-bond donors (Lipinski definition) is 1. The standard InChI is InChI=1S/C22H23N5O2S/c1-14-9-15(2)27(25-14)11-17-5-4-6-18(10-17)21(23)26-28-12-19-13-30-22(24-19)20-8-7-16(3)29-20/h4-10,13H,11-12H2,1-3H3,(H2,23,26). The Kier molecular flexibility index (Phi) is 5.67. The van der Waals surface area contributed by atoms with E-state index in [1.807, 2.05) is 67.2 Å². The van der Waals surface area contributed by atoms with Crippen LogP contribution in [0.5, 0.6) is 0 Å². The van der Waals surface area contributed by atoms with Gasteiger partial charge in [0.25, 0.3) is 0 Å². The molecule has 0 unspecified atom stereocenters. The second-order valence-electron chi connectivity index (χ2n) is 7.09. The summed E-state index contributed by atoms with van der Waals surface area (Å²) in [6.07, 6.45) is 0. The first-order valence-electron chi connectivity index (χ1n) is 9.55. The lowest BCUT2D eigenvalue weighted by Crippen LogP contribution is -2.14. The molecule has 4 aromatic rings. The third kappa shape index (κ3) is 4.60. The molecule has 0 bridgehead atoms. The van der Waals surface area contributed by atoms with E-state index in [4.69, 9.17) is 15.0 Å². The molecule has 0 spiro atoms. The maximum Gasteiger partial charge on any atom is 0.170 e. The molecular formula is C22H23N5O2S. The van der Waals surface area contributed by atoms with E-state index in [-0.39, 0.29) is 6.61 Å². The molecule has 1 aromatic carbocycles. The van der Waals surface area contributed by atoms with Crippen LogP contribution in [0.3, 0.4) is 0 Å². The Morgan fingerprint density at radius 1 is 1.20 bits per heavy atom. The number of nitrogens with zero attached hydrogens (tertiary/aromatic N) is 4. The number of amidine groups is 1. The molecule has 3 heterocycles. The number of aryl methyl sites for hydroxylation is 3. The van der Waals surface area contributed by atoms with Crippen LogP contribution in [-0.4, -0.2) is 20.6 Å². The van der Waals surface area contributed by atoms with Gasteiger partial charge in [0, 0.05) is 16.6 Å². The van der Waals surface area contributed by atoms with Crippen LogP contribution in [0.2, 0.25) is 0 Å². The number of benzene rings is 1. The molecule has 30 heavy (non-hydrogen) atoms. The third-order valence-electron chi connectivity index (χ3n) is 4.54. The van der Waals surface area contributed by atoms with E-state index >= 15 is 0 Å². The van der Waals surface area contributed by atoms with Gasteiger partial charge in [-0.25, -0.2) is 4.98 Å². The van der Waals surface area contributed by atoms with Crippen LogP contribution < -0.4 is 5.73 Å². The van der Waals surface area contributed by atoms with Crippen LogP contribution in [0.25, 0.3) is 10.8 Å². The number of aromatic nitrogens is 3. The second kappa shape index (κ2) is 8.54. The molecule has 4 rings (SSSR count). The zero-order valence-electron chi connectivity index (χ0n) is 17.1. The van der Waals surface area contributed by atoms with E-state index < -0.39 is 0 Å². The lowest BCUT2D eigenvalue weighted by atomic mass is 10.1. The Morgan fingerprint density at radius 2 is 2.07 bits per heavy atom. The summed E-state index contributed by atoms with van der Waals surface area (Å²) in [7, 11) is 0. The zero-order chi connectivity index (χ0) is 21.1. The van der Waals surface area contributed by atoms with E-state index in [2.05, 4.69) is 21.3 Å². The van der Waals surface area contributed by atoms with Crippen molar-refractivity contribution < 1.29 is 9.25 Å². The first-order chi connectivity index (χ1) is 14.5. The molecule has 3 aromatic heterocycles. The average molecular weight is 422 g/mol. The highest BCUT2D eigenvalue weighted by Crippen LogP contribution is 2.25. The molecule has 0 atom stereocenters. The van der Waals surface area contributed by atoms with Gasteiger partial charge in [-0.1, -0.05) is 23.4 Å². The predicted octanol–water partition coefficient (Wildman–Crippen LogP) is 4.41. The minimum absolute atomic E-state index is 0.238. The SMILES string of the molecule is Cc1cc(C)n(Cc2cccc(/C(N)=N/OCc3csc(-c4ccc(C)o4)n3)c2)n1. The quantitative estimate of drug-likeness (QED) is 0.271. The van der Waals surface area contributed by atoms with E-state index in [0.29, 0.717) is 12.4 Å². The van der Waals surface area contributed by atoms with Crippen molar-refractivity contribution >= 4 is 17.2 Å². The summed E-state index contributed by atoms with van der Waals surface area (Å²) in [4.78, 5) is 9.94. The van der Waals surface area contributed by atoms with Crippen molar-refractivity contribution in [3.05, 3.63) is 81.8 Å². The lowest BCUT2D eigenvalue weighted by Gasteiger charge is -2.07. The molecule has 0 saturated carbocycles. The fourth-order valence-corrected chi connectivity index (χ4v) is 3.86. The molecule has 7 nitrogen and oxygen atoms in total. The molecule has 0 aliphatic carbocycles. The van der Waals surface area contributed by atoms with Crippen LogP contribution in [0.1, 0.15) is 34.0 Å². The summed E-state index contributed by atoms with van der Waals surface area (Å²) >= 11 is 1.50. The summed E-state index contributed by atoms with van der Waals surface area (Å²) in [6.45, 7) is 6.86. The Labute approximate surface area is 178 Å². The fourth-order valence-electron chi connectivity index (χ4n) is 3.09. The highest BCUT2D eigenvalue weighted by molar-refractivity contribution is 7.13. The first kappa shape index (κ1) is 19.9. The van der Waals surface area contributed by atoms with Gasteiger partial charge < -0.3 is 15.0 Å². The predicted molar refractivity (Wildman–Crippen MR) is 117 cm³/mol. The zero-order valence-corrected chi connectivity index (χ0v) is 17.9. The fraction of sp³-hybridized carbons (Fsp3) is 0.227. The van der Waals surface area contributed by atoms with Gasteiger partial charge in [0.2, 0.25) is 0 Å². The molecule has 8 heteroatoms. The van der Waals surface area contributed by atoms with Gasteiger partial charge in [-0.3, -0.25) is 4.68 Å². The normalized spacial score (nSPS) is 11.8. The van der Waals surface area contributed by atoms with Gasteiger partial charge in [0.1, 0.15) is 5.76 Å². The molecule has 0 fully saturated rings. The van der Waals surface area contributed by atoms with Crippen molar-refractivity contribution in [2.24, 2.45) is 10.9 Å². The van der Waals surface area contributed by atoms with Gasteiger partial charge in [0.15, 0.2) is 23.2 Å². The number of rotatable bonds is 7. The van der Waals surface area contributed by atoms with Gasteiger partial charge >= 0.3 is 0 Å². The topological polar surface area (TPSA) is 91.5 Å². The first-order valence-corrected chi connectivity index (χ1v) is 10.4. The van der Waals surface area contributed by atoms with Crippen molar-refractivity contribution in [1.29, 1.82) is 0 Å². The Bertz CT molecular complexity index is 1190. The number of hydrogen-bond acceptors (Lipinski definition) is 6. The average Bonchev–Trinajstić information content (AvgIpc) is 3.43. The maximum absolute atomic E-state index is 6.12. The van der Waals surface area contributed by atoms with Crippen molar-refractivity contribution in [2.75, 3.05) is 0 Å². The van der Waals surface area contributed by atoms with Gasteiger partial charge in [0.05, 0.1) is 17.9 Å². The van der Waals surface area contributed by atoms with Crippen molar-refractivity contribution in [3.63, 3.8) is 0 Å². The molecule has 0 saturated heterocycles. The summed E-state index contributed by atoms with van der Waals surface area (Å²) < 4.78 is 7.57. The lowest BCUT2D eigenvalue weighted by molar-refractivity contribution is 0.128. The molecule has 0 aliphatic rings. The number of thiazole rings is 1. The summed E-state index contributed by atoms with van der Waals surface area (Å²) in [5, 5.41) is 11.3. The Morgan fingerprint density at radius 3 is 2.80 bits per heavy atom. The number of nitrogens with two attached hydrogens (primary N) is 1. The second-order valence-corrected chi connectivity index (χ2v) is 7.95. The molecule has 0 aliphatic heterocycles. The summed E-state index contributed by atoms with van der Waals surface area (Å²) in [5.74, 6) is 1.93. The van der Waals surface area contributed by atoms with Gasteiger partial charge in [-0.2, -0.15) is 5.10 Å². The van der Waals surface area contributed by atoms with Crippen LogP contribution >= 0.6 is 11.3 Å². The monoisotopic (exact) mass is 421 g/mol. The minimum atomic E-state index is 0.238. The third-order valence-corrected chi connectivity index (χ3v) is 5.44. The Hall–Kier alpha value is -3.39. The number of furan rings is 1. The molecule has 154 valence electrons. The Balaban J connectivity index is 1.39.